The van der Waals surface area contributed by atoms with Gasteiger partial charge in [-0.3, -0.25) is 13.9 Å². The maximum Gasteiger partial charge on any atom is 0.324 e. The largest absolute Gasteiger partial charge is 0.497 e. The number of aryl methyl sites for hydroxylation is 3. The standard InChI is InChI=1S/C28H31N3O6S/c1-17-13-18(2)27(19(3)14-17)38(35,36)31(16-25(32)33)24-10-6-9-23-22(24)11-12-30(23)26(28(29)34)20-7-5-8-21(15-20)37-4/h5-10,13-15,26H,11-12,16H2,1-4H3,(H2,29,34)(H,32,33). The summed E-state index contributed by atoms with van der Waals surface area (Å²) < 4.78 is 34.3. The number of amides is 1. The quantitative estimate of drug-likeness (QED) is 0.427. The Morgan fingerprint density at radius 1 is 1.08 bits per heavy atom. The average molecular weight is 538 g/mol. The second kappa shape index (κ2) is 10.4. The van der Waals surface area contributed by atoms with Crippen LogP contribution < -0.4 is 19.7 Å². The highest BCUT2D eigenvalue weighted by Gasteiger charge is 2.37. The van der Waals surface area contributed by atoms with Crippen molar-refractivity contribution in [3.05, 3.63) is 82.4 Å². The Balaban J connectivity index is 1.85. The number of sulfonamides is 1. The van der Waals surface area contributed by atoms with E-state index in [2.05, 4.69) is 0 Å². The van der Waals surface area contributed by atoms with Crippen molar-refractivity contribution in [3.8, 4) is 5.75 Å². The predicted molar refractivity (Wildman–Crippen MR) is 145 cm³/mol. The third kappa shape index (κ3) is 4.91. The van der Waals surface area contributed by atoms with Gasteiger partial charge >= 0.3 is 5.97 Å². The zero-order chi connectivity index (χ0) is 27.8. The van der Waals surface area contributed by atoms with Gasteiger partial charge in [0.05, 0.1) is 17.7 Å². The molecule has 0 bridgehead atoms. The van der Waals surface area contributed by atoms with E-state index in [1.807, 2.05) is 11.8 Å². The summed E-state index contributed by atoms with van der Waals surface area (Å²) in [6.07, 6.45) is 0.400. The van der Waals surface area contributed by atoms with E-state index in [0.717, 1.165) is 9.87 Å². The molecule has 0 spiro atoms. The maximum absolute atomic E-state index is 14.0. The van der Waals surface area contributed by atoms with Gasteiger partial charge in [-0.1, -0.05) is 35.9 Å². The van der Waals surface area contributed by atoms with Crippen molar-refractivity contribution in [2.75, 3.05) is 29.4 Å². The first-order valence-electron chi connectivity index (χ1n) is 12.1. The fraction of sp³-hybridized carbons (Fsp3) is 0.286. The number of aliphatic carboxylic acids is 1. The van der Waals surface area contributed by atoms with Gasteiger partial charge in [-0.05, 0) is 68.1 Å². The molecule has 3 aromatic rings. The highest BCUT2D eigenvalue weighted by atomic mass is 32.2. The molecule has 0 fully saturated rings. The van der Waals surface area contributed by atoms with Gasteiger partial charge in [0.2, 0.25) is 5.91 Å². The van der Waals surface area contributed by atoms with E-state index in [4.69, 9.17) is 10.5 Å². The number of nitrogens with two attached hydrogens (primary N) is 1. The van der Waals surface area contributed by atoms with Gasteiger partial charge in [0, 0.05) is 17.8 Å². The monoisotopic (exact) mass is 537 g/mol. The lowest BCUT2D eigenvalue weighted by Crippen LogP contribution is -2.37. The van der Waals surface area contributed by atoms with Crippen molar-refractivity contribution in [2.45, 2.75) is 38.1 Å². The van der Waals surface area contributed by atoms with Crippen LogP contribution in [0.3, 0.4) is 0 Å². The van der Waals surface area contributed by atoms with Gasteiger partial charge in [-0.25, -0.2) is 8.42 Å². The average Bonchev–Trinajstić information content (AvgIpc) is 3.25. The molecule has 1 aliphatic heterocycles. The van der Waals surface area contributed by atoms with E-state index in [1.165, 1.54) is 7.11 Å². The number of ether oxygens (including phenoxy) is 1. The van der Waals surface area contributed by atoms with Crippen LogP contribution in [0.5, 0.6) is 5.75 Å². The molecule has 1 aliphatic rings. The van der Waals surface area contributed by atoms with Gasteiger partial charge in [-0.15, -0.1) is 0 Å². The number of nitrogens with zero attached hydrogens (tertiary/aromatic N) is 2. The van der Waals surface area contributed by atoms with Crippen LogP contribution in [-0.2, 0) is 26.0 Å². The molecule has 3 aromatic carbocycles. The number of benzene rings is 3. The van der Waals surface area contributed by atoms with Crippen molar-refractivity contribution in [1.29, 1.82) is 0 Å². The molecular formula is C28H31N3O6S. The highest BCUT2D eigenvalue weighted by Crippen LogP contribution is 2.42. The molecule has 0 radical (unpaired) electrons. The molecule has 0 aliphatic carbocycles. The molecule has 1 unspecified atom stereocenters. The molecule has 38 heavy (non-hydrogen) atoms. The molecule has 1 amide bonds. The molecule has 0 aromatic heterocycles. The van der Waals surface area contributed by atoms with Crippen molar-refractivity contribution in [3.63, 3.8) is 0 Å². The zero-order valence-corrected chi connectivity index (χ0v) is 22.6. The number of anilines is 2. The number of carbonyl (C=O) groups is 2. The van der Waals surface area contributed by atoms with Crippen LogP contribution in [0.25, 0.3) is 0 Å². The summed E-state index contributed by atoms with van der Waals surface area (Å²) in [5.74, 6) is -1.28. The summed E-state index contributed by atoms with van der Waals surface area (Å²) in [5.41, 5.74) is 9.99. The molecular weight excluding hydrogens is 506 g/mol. The summed E-state index contributed by atoms with van der Waals surface area (Å²) in [7, 11) is -2.71. The minimum absolute atomic E-state index is 0.0863. The molecule has 1 heterocycles. The molecule has 4 rings (SSSR count). The second-order valence-corrected chi connectivity index (χ2v) is 11.2. The lowest BCUT2D eigenvalue weighted by Gasteiger charge is -2.30. The van der Waals surface area contributed by atoms with E-state index in [0.29, 0.717) is 46.7 Å². The minimum atomic E-state index is -4.24. The molecule has 10 heteroatoms. The van der Waals surface area contributed by atoms with Gasteiger partial charge in [-0.2, -0.15) is 0 Å². The van der Waals surface area contributed by atoms with Crippen LogP contribution in [-0.4, -0.2) is 45.6 Å². The van der Waals surface area contributed by atoms with Gasteiger partial charge in [0.25, 0.3) is 10.0 Å². The molecule has 1 atom stereocenters. The number of fused-ring (bicyclic) bond motifs is 1. The number of methoxy groups -OCH3 is 1. The fourth-order valence-electron chi connectivity index (χ4n) is 5.36. The molecule has 0 saturated heterocycles. The summed E-state index contributed by atoms with van der Waals surface area (Å²) in [6, 6.07) is 14.8. The first kappa shape index (κ1) is 27.0. The number of primary amides is 1. The summed E-state index contributed by atoms with van der Waals surface area (Å²) in [5, 5.41) is 9.71. The second-order valence-electron chi connectivity index (χ2n) is 9.43. The number of carbonyl (C=O) groups excluding carboxylic acids is 1. The van der Waals surface area contributed by atoms with Crippen molar-refractivity contribution in [1.82, 2.24) is 0 Å². The van der Waals surface area contributed by atoms with Crippen molar-refractivity contribution >= 4 is 33.3 Å². The Morgan fingerprint density at radius 2 is 1.74 bits per heavy atom. The SMILES string of the molecule is COc1cccc(C(C(N)=O)N2CCc3c2cccc3N(CC(=O)O)S(=O)(=O)c2c(C)cc(C)cc2C)c1. The number of rotatable bonds is 9. The van der Waals surface area contributed by atoms with E-state index in [-0.39, 0.29) is 10.6 Å². The number of carboxylic acid groups (broad SMARTS) is 1. The van der Waals surface area contributed by atoms with Crippen LogP contribution in [0.1, 0.15) is 33.9 Å². The summed E-state index contributed by atoms with van der Waals surface area (Å²) in [4.78, 5) is 26.5. The van der Waals surface area contributed by atoms with Gasteiger partial charge in [0.1, 0.15) is 18.3 Å². The fourth-order valence-corrected chi connectivity index (χ4v) is 7.22. The lowest BCUT2D eigenvalue weighted by molar-refractivity contribution is -0.135. The Hall–Kier alpha value is -4.05. The van der Waals surface area contributed by atoms with Crippen molar-refractivity contribution < 1.29 is 27.9 Å². The van der Waals surface area contributed by atoms with E-state index >= 15 is 0 Å². The first-order valence-corrected chi connectivity index (χ1v) is 13.5. The Labute approximate surface area is 222 Å². The third-order valence-electron chi connectivity index (χ3n) is 6.73. The number of hydrogen-bond donors (Lipinski definition) is 2. The highest BCUT2D eigenvalue weighted by molar-refractivity contribution is 7.93. The first-order chi connectivity index (χ1) is 17.9. The van der Waals surface area contributed by atoms with E-state index < -0.39 is 34.5 Å². The van der Waals surface area contributed by atoms with Crippen LogP contribution in [0, 0.1) is 20.8 Å². The van der Waals surface area contributed by atoms with Crippen molar-refractivity contribution in [2.24, 2.45) is 5.73 Å². The zero-order valence-electron chi connectivity index (χ0n) is 21.8. The van der Waals surface area contributed by atoms with Crippen LogP contribution in [0.4, 0.5) is 11.4 Å². The maximum atomic E-state index is 14.0. The van der Waals surface area contributed by atoms with Gasteiger partial charge < -0.3 is 20.5 Å². The summed E-state index contributed by atoms with van der Waals surface area (Å²) in [6.45, 7) is 4.92. The minimum Gasteiger partial charge on any atom is -0.497 e. The van der Waals surface area contributed by atoms with Crippen LogP contribution in [0.15, 0.2) is 59.5 Å². The lowest BCUT2D eigenvalue weighted by atomic mass is 10.0. The number of carboxylic acids is 1. The molecule has 200 valence electrons. The Morgan fingerprint density at radius 3 is 2.34 bits per heavy atom. The molecule has 0 saturated carbocycles. The normalized spacial score (nSPS) is 13.6. The summed E-state index contributed by atoms with van der Waals surface area (Å²) >= 11 is 0. The third-order valence-corrected chi connectivity index (χ3v) is 8.80. The topological polar surface area (TPSA) is 130 Å². The molecule has 3 N–H and O–H groups in total. The van der Waals surface area contributed by atoms with Crippen LogP contribution >= 0.6 is 0 Å². The predicted octanol–water partition coefficient (Wildman–Crippen LogP) is 3.49. The molecule has 9 nitrogen and oxygen atoms in total. The van der Waals surface area contributed by atoms with Crippen LogP contribution in [0.2, 0.25) is 0 Å². The Kier molecular flexibility index (Phi) is 7.37. The smallest absolute Gasteiger partial charge is 0.324 e. The van der Waals surface area contributed by atoms with E-state index in [9.17, 15) is 23.1 Å². The number of hydrogen-bond acceptors (Lipinski definition) is 6. The Bertz CT molecular complexity index is 1500. The van der Waals surface area contributed by atoms with E-state index in [1.54, 1.807) is 68.4 Å². The van der Waals surface area contributed by atoms with Gasteiger partial charge in [0.15, 0.2) is 0 Å².